The summed E-state index contributed by atoms with van der Waals surface area (Å²) in [5.74, 6) is -0.374. The van der Waals surface area contributed by atoms with Gasteiger partial charge in [0.1, 0.15) is 0 Å². The highest BCUT2D eigenvalue weighted by Crippen LogP contribution is 2.21. The predicted molar refractivity (Wildman–Crippen MR) is 80.7 cm³/mol. The first-order valence-electron chi connectivity index (χ1n) is 6.49. The number of carbonyl (C=O) groups excluding carboxylic acids is 1. The molecule has 0 aliphatic carbocycles. The topological polar surface area (TPSA) is 75.1 Å². The fourth-order valence-electron chi connectivity index (χ4n) is 1.86. The van der Waals surface area contributed by atoms with Gasteiger partial charge in [-0.2, -0.15) is 0 Å². The molecule has 0 unspecified atom stereocenters. The molecule has 2 aromatic rings. The second kappa shape index (κ2) is 6.01. The summed E-state index contributed by atoms with van der Waals surface area (Å²) in [4.78, 5) is 12.2. The van der Waals surface area contributed by atoms with Crippen molar-refractivity contribution < 1.29 is 13.2 Å². The summed E-state index contributed by atoms with van der Waals surface area (Å²) < 4.78 is 24.8. The normalized spacial score (nSPS) is 11.1. The molecule has 0 fully saturated rings. The van der Waals surface area contributed by atoms with Crippen molar-refractivity contribution in [1.82, 2.24) is 0 Å². The van der Waals surface area contributed by atoms with E-state index in [0.29, 0.717) is 12.0 Å². The number of benzene rings is 2. The molecule has 0 atom stereocenters. The van der Waals surface area contributed by atoms with E-state index in [-0.39, 0.29) is 21.3 Å². The van der Waals surface area contributed by atoms with Crippen molar-refractivity contribution in [3.8, 4) is 0 Å². The van der Waals surface area contributed by atoms with Crippen LogP contribution in [0.25, 0.3) is 0 Å². The molecule has 0 aromatic heterocycles. The Morgan fingerprint density at radius 3 is 2.00 bits per heavy atom. The zero-order valence-corrected chi connectivity index (χ0v) is 12.4. The average molecular weight is 301 g/mol. The van der Waals surface area contributed by atoms with Gasteiger partial charge in [-0.05, 0) is 42.8 Å². The van der Waals surface area contributed by atoms with Crippen molar-refractivity contribution in [1.29, 1.82) is 5.41 Å². The average Bonchev–Trinajstić information content (AvgIpc) is 2.54. The lowest BCUT2D eigenvalue weighted by atomic mass is 10.1. The van der Waals surface area contributed by atoms with Gasteiger partial charge in [-0.25, -0.2) is 8.42 Å². The van der Waals surface area contributed by atoms with Crippen LogP contribution in [0.3, 0.4) is 0 Å². The van der Waals surface area contributed by atoms with Gasteiger partial charge in [-0.3, -0.25) is 4.79 Å². The maximum Gasteiger partial charge on any atom is 0.206 e. The van der Waals surface area contributed by atoms with Gasteiger partial charge in [0.15, 0.2) is 0 Å². The fraction of sp³-hybridized carbons (Fsp3) is 0.125. The highest BCUT2D eigenvalue weighted by molar-refractivity contribution is 7.91. The van der Waals surface area contributed by atoms with Gasteiger partial charge < -0.3 is 5.41 Å². The maximum atomic E-state index is 12.4. The summed E-state index contributed by atoms with van der Waals surface area (Å²) in [7, 11) is -3.57. The van der Waals surface area contributed by atoms with Gasteiger partial charge in [0, 0.05) is 5.56 Å². The number of hydrogen-bond donors (Lipinski definition) is 1. The van der Waals surface area contributed by atoms with E-state index in [4.69, 9.17) is 5.41 Å². The molecule has 0 saturated heterocycles. The van der Waals surface area contributed by atoms with E-state index < -0.39 is 9.84 Å². The number of ketones is 1. The van der Waals surface area contributed by atoms with Crippen LogP contribution in [0.15, 0.2) is 64.4 Å². The van der Waals surface area contributed by atoms with Crippen LogP contribution in [0.1, 0.15) is 23.7 Å². The van der Waals surface area contributed by atoms with E-state index in [1.165, 1.54) is 36.4 Å². The second-order valence-electron chi connectivity index (χ2n) is 4.50. The minimum Gasteiger partial charge on any atom is -0.301 e. The molecule has 2 rings (SSSR count). The van der Waals surface area contributed by atoms with Crippen molar-refractivity contribution in [3.63, 3.8) is 0 Å². The molecule has 0 radical (unpaired) electrons. The monoisotopic (exact) mass is 301 g/mol. The van der Waals surface area contributed by atoms with Crippen LogP contribution in [-0.2, 0) is 9.84 Å². The van der Waals surface area contributed by atoms with Crippen LogP contribution in [-0.4, -0.2) is 19.9 Å². The lowest BCUT2D eigenvalue weighted by Crippen LogP contribution is -2.12. The summed E-state index contributed by atoms with van der Waals surface area (Å²) in [6.07, 6.45) is 0.350. The Morgan fingerprint density at radius 2 is 1.48 bits per heavy atom. The highest BCUT2D eigenvalue weighted by atomic mass is 32.2. The third-order valence-corrected chi connectivity index (χ3v) is 4.89. The Hall–Kier alpha value is -2.27. The number of hydrogen-bond acceptors (Lipinski definition) is 4. The number of Topliss-reactive ketones (excluding diaryl/α,β-unsaturated/α-hetero) is 1. The Labute approximate surface area is 123 Å². The molecule has 0 bridgehead atoms. The van der Waals surface area contributed by atoms with Gasteiger partial charge in [0.2, 0.25) is 15.6 Å². The Kier molecular flexibility index (Phi) is 4.33. The van der Waals surface area contributed by atoms with Gasteiger partial charge >= 0.3 is 0 Å². The summed E-state index contributed by atoms with van der Waals surface area (Å²) in [6.45, 7) is 1.73. The lowest BCUT2D eigenvalue weighted by Gasteiger charge is -2.06. The third kappa shape index (κ3) is 3.08. The molecule has 5 heteroatoms. The van der Waals surface area contributed by atoms with E-state index in [9.17, 15) is 13.2 Å². The molecule has 108 valence electrons. The molecule has 0 aliphatic heterocycles. The summed E-state index contributed by atoms with van der Waals surface area (Å²) in [6, 6.07) is 13.8. The first kappa shape index (κ1) is 15.1. The Bertz CT molecular complexity index is 763. The zero-order valence-electron chi connectivity index (χ0n) is 11.5. The van der Waals surface area contributed by atoms with E-state index in [0.717, 1.165) is 0 Å². The van der Waals surface area contributed by atoms with Gasteiger partial charge in [-0.1, -0.05) is 25.1 Å². The van der Waals surface area contributed by atoms with Crippen LogP contribution in [0.4, 0.5) is 0 Å². The smallest absolute Gasteiger partial charge is 0.206 e. The van der Waals surface area contributed by atoms with Crippen molar-refractivity contribution in [2.24, 2.45) is 0 Å². The number of carbonyl (C=O) groups is 1. The maximum absolute atomic E-state index is 12.4. The van der Waals surface area contributed by atoms with Gasteiger partial charge in [0.25, 0.3) is 0 Å². The standard InChI is InChI=1S/C16H15NO3S/c1-2-15(17)16(18)12-8-10-14(11-9-12)21(19,20)13-6-4-3-5-7-13/h3-11,17H,2H2,1H3. The summed E-state index contributed by atoms with van der Waals surface area (Å²) in [5, 5.41) is 7.52. The van der Waals surface area contributed by atoms with E-state index >= 15 is 0 Å². The summed E-state index contributed by atoms with van der Waals surface area (Å²) >= 11 is 0. The lowest BCUT2D eigenvalue weighted by molar-refractivity contribution is 0.106. The molecule has 1 N–H and O–H groups in total. The highest BCUT2D eigenvalue weighted by Gasteiger charge is 2.18. The molecule has 4 nitrogen and oxygen atoms in total. The van der Waals surface area contributed by atoms with Crippen LogP contribution in [0.5, 0.6) is 0 Å². The van der Waals surface area contributed by atoms with E-state index in [1.807, 2.05) is 0 Å². The molecule has 2 aromatic carbocycles. The van der Waals surface area contributed by atoms with Crippen LogP contribution in [0, 0.1) is 5.41 Å². The Balaban J connectivity index is 2.36. The van der Waals surface area contributed by atoms with Crippen LogP contribution >= 0.6 is 0 Å². The number of sulfone groups is 1. The molecule has 0 aliphatic rings. The summed E-state index contributed by atoms with van der Waals surface area (Å²) in [5.41, 5.74) is 0.336. The molecule has 0 spiro atoms. The number of nitrogens with one attached hydrogen (secondary N) is 1. The molecule has 0 amide bonds. The molecular weight excluding hydrogens is 286 g/mol. The van der Waals surface area contributed by atoms with Crippen molar-refractivity contribution in [3.05, 3.63) is 60.2 Å². The van der Waals surface area contributed by atoms with Gasteiger partial charge in [0.05, 0.1) is 15.5 Å². The second-order valence-corrected chi connectivity index (χ2v) is 6.45. The molecule has 21 heavy (non-hydrogen) atoms. The van der Waals surface area contributed by atoms with Crippen LogP contribution in [0.2, 0.25) is 0 Å². The minimum absolute atomic E-state index is 0.00802. The van der Waals surface area contributed by atoms with E-state index in [2.05, 4.69) is 0 Å². The Morgan fingerprint density at radius 1 is 0.952 bits per heavy atom. The largest absolute Gasteiger partial charge is 0.301 e. The first-order valence-corrected chi connectivity index (χ1v) is 7.97. The number of rotatable bonds is 5. The molecule has 0 heterocycles. The van der Waals surface area contributed by atoms with E-state index in [1.54, 1.807) is 25.1 Å². The van der Waals surface area contributed by atoms with Crippen molar-refractivity contribution in [2.75, 3.05) is 0 Å². The SMILES string of the molecule is CCC(=N)C(=O)c1ccc(S(=O)(=O)c2ccccc2)cc1. The third-order valence-electron chi connectivity index (χ3n) is 3.11. The predicted octanol–water partition coefficient (Wildman–Crippen LogP) is 3.13. The first-order chi connectivity index (χ1) is 9.96. The van der Waals surface area contributed by atoms with Gasteiger partial charge in [-0.15, -0.1) is 0 Å². The van der Waals surface area contributed by atoms with Crippen LogP contribution < -0.4 is 0 Å². The minimum atomic E-state index is -3.57. The molecular formula is C16H15NO3S. The van der Waals surface area contributed by atoms with Crippen molar-refractivity contribution in [2.45, 2.75) is 23.1 Å². The van der Waals surface area contributed by atoms with Crippen molar-refractivity contribution >= 4 is 21.3 Å². The quantitative estimate of drug-likeness (QED) is 0.681. The fourth-order valence-corrected chi connectivity index (χ4v) is 3.14. The zero-order chi connectivity index (χ0) is 15.5. The molecule has 0 saturated carbocycles.